The van der Waals surface area contributed by atoms with Crippen molar-refractivity contribution in [3.8, 4) is 11.5 Å². The van der Waals surface area contributed by atoms with Crippen molar-refractivity contribution < 1.29 is 24.5 Å². The number of allylic oxidation sites excluding steroid dienone is 1. The maximum Gasteiger partial charge on any atom is 0.505 e. The largest absolute Gasteiger partial charge is 0.505 e. The maximum atomic E-state index is 11.8. The summed E-state index contributed by atoms with van der Waals surface area (Å²) in [5.74, 6) is 0.462. The molecule has 0 unspecified atom stereocenters. The summed E-state index contributed by atoms with van der Waals surface area (Å²) < 4.78 is 9.51. The number of carbonyl (C=O) groups is 1. The molecule has 1 aliphatic rings. The van der Waals surface area contributed by atoms with Gasteiger partial charge in [0.05, 0.1) is 0 Å². The van der Waals surface area contributed by atoms with Crippen LogP contribution in [0.5, 0.6) is 11.5 Å². The van der Waals surface area contributed by atoms with Crippen LogP contribution in [0, 0.1) is 5.41 Å². The van der Waals surface area contributed by atoms with Crippen molar-refractivity contribution in [1.82, 2.24) is 0 Å². The van der Waals surface area contributed by atoms with E-state index in [1.54, 1.807) is 24.3 Å². The summed E-state index contributed by atoms with van der Waals surface area (Å²) in [6.45, 7) is 5.52. The Bertz CT molecular complexity index is 537. The van der Waals surface area contributed by atoms with Crippen LogP contribution in [0.1, 0.15) is 26.3 Å². The molecule has 5 heteroatoms. The first kappa shape index (κ1) is 13.6. The van der Waals surface area contributed by atoms with Crippen molar-refractivity contribution in [2.45, 2.75) is 26.9 Å². The van der Waals surface area contributed by atoms with Gasteiger partial charge in [0.1, 0.15) is 0 Å². The second-order valence-electron chi connectivity index (χ2n) is 5.41. The van der Waals surface area contributed by atoms with E-state index in [9.17, 15) is 15.0 Å². The minimum absolute atomic E-state index is 0.00355. The quantitative estimate of drug-likeness (QED) is 0.628. The van der Waals surface area contributed by atoms with Gasteiger partial charge in [-0.05, 0) is 23.8 Å². The molecule has 0 amide bonds. The van der Waals surface area contributed by atoms with Gasteiger partial charge in [-0.25, -0.2) is 0 Å². The van der Waals surface area contributed by atoms with Gasteiger partial charge in [-0.1, -0.05) is 32.9 Å². The summed E-state index contributed by atoms with van der Waals surface area (Å²) in [4.78, 5) is 11.8. The fourth-order valence-electron chi connectivity index (χ4n) is 1.52. The van der Waals surface area contributed by atoms with E-state index in [4.69, 9.17) is 9.47 Å². The average molecular weight is 264 g/mol. The van der Waals surface area contributed by atoms with E-state index in [0.717, 1.165) is 0 Å². The number of rotatable bonds is 2. The lowest BCUT2D eigenvalue weighted by atomic mass is 9.90. The lowest BCUT2D eigenvalue weighted by Gasteiger charge is -2.12. The van der Waals surface area contributed by atoms with Gasteiger partial charge in [-0.3, -0.25) is 15.0 Å². The van der Waals surface area contributed by atoms with Gasteiger partial charge in [0.25, 0.3) is 0 Å². The second-order valence-corrected chi connectivity index (χ2v) is 5.41. The minimum atomic E-state index is -2.62. The smallest absolute Gasteiger partial charge is 0.403 e. The van der Waals surface area contributed by atoms with Gasteiger partial charge in [-0.2, -0.15) is 0 Å². The highest BCUT2D eigenvalue weighted by Gasteiger charge is 2.37. The van der Waals surface area contributed by atoms with Gasteiger partial charge in [-0.15, -0.1) is 0 Å². The van der Waals surface area contributed by atoms with Crippen molar-refractivity contribution in [2.24, 2.45) is 5.41 Å². The van der Waals surface area contributed by atoms with Gasteiger partial charge >= 0.3 is 6.16 Å². The number of aliphatic hydroxyl groups is 2. The summed E-state index contributed by atoms with van der Waals surface area (Å²) in [7, 11) is 0. The van der Waals surface area contributed by atoms with Crippen LogP contribution in [-0.2, 0) is 4.79 Å². The van der Waals surface area contributed by atoms with Crippen molar-refractivity contribution in [1.29, 1.82) is 0 Å². The van der Waals surface area contributed by atoms with E-state index in [0.29, 0.717) is 5.56 Å². The fraction of sp³-hybridized carbons (Fsp3) is 0.357. The van der Waals surface area contributed by atoms with Crippen molar-refractivity contribution >= 4 is 11.9 Å². The van der Waals surface area contributed by atoms with E-state index in [1.807, 2.05) is 20.8 Å². The van der Waals surface area contributed by atoms with E-state index < -0.39 is 11.6 Å². The first-order valence-corrected chi connectivity index (χ1v) is 5.87. The Balaban J connectivity index is 2.17. The molecule has 2 rings (SSSR count). The van der Waals surface area contributed by atoms with Crippen LogP contribution >= 0.6 is 0 Å². The number of ketones is 1. The molecule has 102 valence electrons. The number of hydrogen-bond acceptors (Lipinski definition) is 5. The zero-order valence-corrected chi connectivity index (χ0v) is 11.0. The lowest BCUT2D eigenvalue weighted by molar-refractivity contribution is -0.385. The highest BCUT2D eigenvalue weighted by atomic mass is 17.0. The predicted molar refractivity (Wildman–Crippen MR) is 68.4 cm³/mol. The maximum absolute atomic E-state index is 11.8. The average Bonchev–Trinajstić information content (AvgIpc) is 2.57. The molecule has 19 heavy (non-hydrogen) atoms. The zero-order chi connectivity index (χ0) is 14.3. The zero-order valence-electron chi connectivity index (χ0n) is 11.0. The molecule has 5 nitrogen and oxygen atoms in total. The summed E-state index contributed by atoms with van der Waals surface area (Å²) in [6.07, 6.45) is 0.514. The molecule has 0 aromatic heterocycles. The Hall–Kier alpha value is -1.85. The summed E-state index contributed by atoms with van der Waals surface area (Å²) in [5, 5.41) is 18.3. The van der Waals surface area contributed by atoms with Crippen molar-refractivity contribution in [2.75, 3.05) is 0 Å². The SMILES string of the molecule is CC(C)(C)C(=O)C=Cc1ccc2c(c1)OC(O)(O)O2. The molecule has 0 saturated carbocycles. The Morgan fingerprint density at radius 1 is 1.21 bits per heavy atom. The number of ether oxygens (including phenoxy) is 2. The lowest BCUT2D eigenvalue weighted by Crippen LogP contribution is -2.37. The van der Waals surface area contributed by atoms with Crippen LogP contribution in [0.15, 0.2) is 24.3 Å². The first-order chi connectivity index (χ1) is 8.67. The molecule has 0 aliphatic carbocycles. The summed E-state index contributed by atoms with van der Waals surface area (Å²) >= 11 is 0. The third-order valence-corrected chi connectivity index (χ3v) is 2.62. The standard InChI is InChI=1S/C14H16O5/c1-13(2,3)12(15)7-5-9-4-6-10-11(8-9)19-14(16,17)18-10/h4-8,16-17H,1-3H3. The van der Waals surface area contributed by atoms with Crippen LogP contribution < -0.4 is 9.47 Å². The van der Waals surface area contributed by atoms with Gasteiger partial charge in [0.2, 0.25) is 0 Å². The molecule has 0 atom stereocenters. The van der Waals surface area contributed by atoms with Crippen LogP contribution in [-0.4, -0.2) is 22.2 Å². The molecule has 1 heterocycles. The predicted octanol–water partition coefficient (Wildman–Crippen LogP) is 1.68. The van der Waals surface area contributed by atoms with Crippen molar-refractivity contribution in [3.63, 3.8) is 0 Å². The number of fused-ring (bicyclic) bond motifs is 1. The first-order valence-electron chi connectivity index (χ1n) is 5.87. The van der Waals surface area contributed by atoms with Gasteiger partial charge in [0, 0.05) is 5.41 Å². The molecular formula is C14H16O5. The minimum Gasteiger partial charge on any atom is -0.403 e. The van der Waals surface area contributed by atoms with E-state index in [-0.39, 0.29) is 17.3 Å². The number of carbonyl (C=O) groups excluding carboxylic acids is 1. The third-order valence-electron chi connectivity index (χ3n) is 2.62. The molecule has 0 radical (unpaired) electrons. The highest BCUT2D eigenvalue weighted by molar-refractivity contribution is 5.97. The number of benzene rings is 1. The molecule has 0 saturated heterocycles. The molecule has 1 aliphatic heterocycles. The highest BCUT2D eigenvalue weighted by Crippen LogP contribution is 2.38. The molecule has 2 N–H and O–H groups in total. The Labute approximate surface area is 111 Å². The Morgan fingerprint density at radius 3 is 2.47 bits per heavy atom. The molecule has 0 bridgehead atoms. The van der Waals surface area contributed by atoms with Gasteiger partial charge in [0.15, 0.2) is 17.3 Å². The van der Waals surface area contributed by atoms with Crippen LogP contribution in [0.3, 0.4) is 0 Å². The van der Waals surface area contributed by atoms with Crippen molar-refractivity contribution in [3.05, 3.63) is 29.8 Å². The van der Waals surface area contributed by atoms with E-state index in [2.05, 4.69) is 0 Å². The molecule has 0 fully saturated rings. The topological polar surface area (TPSA) is 76.0 Å². The molecule has 1 aromatic rings. The summed E-state index contributed by atoms with van der Waals surface area (Å²) in [5.41, 5.74) is 0.274. The monoisotopic (exact) mass is 264 g/mol. The molecule has 0 spiro atoms. The molecule has 1 aromatic carbocycles. The van der Waals surface area contributed by atoms with Gasteiger partial charge < -0.3 is 9.47 Å². The van der Waals surface area contributed by atoms with Crippen LogP contribution in [0.4, 0.5) is 0 Å². The normalized spacial score (nSPS) is 16.9. The Kier molecular flexibility index (Phi) is 3.12. The second kappa shape index (κ2) is 4.36. The fourth-order valence-corrected chi connectivity index (χ4v) is 1.52. The van der Waals surface area contributed by atoms with Crippen LogP contribution in [0.25, 0.3) is 6.08 Å². The van der Waals surface area contributed by atoms with Crippen LogP contribution in [0.2, 0.25) is 0 Å². The van der Waals surface area contributed by atoms with E-state index in [1.165, 1.54) is 6.08 Å². The number of hydrogen-bond donors (Lipinski definition) is 2. The van der Waals surface area contributed by atoms with E-state index >= 15 is 0 Å². The summed E-state index contributed by atoms with van der Waals surface area (Å²) in [6, 6.07) is 4.80. The third kappa shape index (κ3) is 3.13. The molecular weight excluding hydrogens is 248 g/mol. The Morgan fingerprint density at radius 2 is 1.84 bits per heavy atom.